The van der Waals surface area contributed by atoms with Crippen LogP contribution < -0.4 is 0 Å². The highest BCUT2D eigenvalue weighted by Gasteiger charge is 2.24. The van der Waals surface area contributed by atoms with Crippen LogP contribution in [0.4, 0.5) is 0 Å². The molecule has 0 saturated heterocycles. The van der Waals surface area contributed by atoms with E-state index in [1.807, 2.05) is 20.9 Å². The number of ketones is 1. The molecule has 0 spiro atoms. The van der Waals surface area contributed by atoms with Gasteiger partial charge in [0.25, 0.3) is 0 Å². The van der Waals surface area contributed by atoms with Crippen molar-refractivity contribution in [1.82, 2.24) is 4.90 Å². The Balaban J connectivity index is 4.41. The molecule has 0 bridgehead atoms. The van der Waals surface area contributed by atoms with E-state index < -0.39 is 0 Å². The summed E-state index contributed by atoms with van der Waals surface area (Å²) in [6, 6.07) is 0.535. The second kappa shape index (κ2) is 5.38. The molecule has 0 fully saturated rings. The lowest BCUT2D eigenvalue weighted by molar-refractivity contribution is -0.127. The number of carbonyl (C=O) groups is 1. The highest BCUT2D eigenvalue weighted by molar-refractivity contribution is 5.85. The van der Waals surface area contributed by atoms with E-state index in [2.05, 4.69) is 25.7 Å². The minimum Gasteiger partial charge on any atom is -0.298 e. The lowest BCUT2D eigenvalue weighted by Crippen LogP contribution is -2.43. The van der Waals surface area contributed by atoms with Gasteiger partial charge in [-0.2, -0.15) is 0 Å². The van der Waals surface area contributed by atoms with E-state index in [1.165, 1.54) is 0 Å². The van der Waals surface area contributed by atoms with Gasteiger partial charge in [-0.1, -0.05) is 20.8 Å². The molecular formula is C11H23NO. The molecule has 0 amide bonds. The quantitative estimate of drug-likeness (QED) is 0.655. The van der Waals surface area contributed by atoms with Crippen LogP contribution in [0.1, 0.15) is 41.0 Å². The predicted molar refractivity (Wildman–Crippen MR) is 56.8 cm³/mol. The van der Waals surface area contributed by atoms with Crippen LogP contribution in [0, 0.1) is 5.92 Å². The Kier molecular flexibility index (Phi) is 5.23. The van der Waals surface area contributed by atoms with Crippen molar-refractivity contribution in [3.8, 4) is 0 Å². The summed E-state index contributed by atoms with van der Waals surface area (Å²) in [7, 11) is 2.03. The first-order valence-electron chi connectivity index (χ1n) is 5.17. The van der Waals surface area contributed by atoms with Crippen molar-refractivity contribution in [2.24, 2.45) is 5.92 Å². The Hall–Kier alpha value is -0.370. The zero-order valence-electron chi connectivity index (χ0n) is 9.79. The molecule has 0 aliphatic rings. The van der Waals surface area contributed by atoms with E-state index in [9.17, 15) is 4.79 Å². The summed E-state index contributed by atoms with van der Waals surface area (Å²) in [5.41, 5.74) is 0. The van der Waals surface area contributed by atoms with E-state index in [0.717, 1.165) is 6.42 Å². The van der Waals surface area contributed by atoms with Crippen molar-refractivity contribution in [2.75, 3.05) is 7.05 Å². The average Bonchev–Trinajstić information content (AvgIpc) is 2.04. The van der Waals surface area contributed by atoms with Crippen LogP contribution in [0.5, 0.6) is 0 Å². The second-order valence-corrected chi connectivity index (χ2v) is 4.24. The third-order valence-corrected chi connectivity index (χ3v) is 2.59. The Morgan fingerprint density at radius 3 is 1.92 bits per heavy atom. The summed E-state index contributed by atoms with van der Waals surface area (Å²) >= 11 is 0. The molecule has 0 heterocycles. The van der Waals surface area contributed by atoms with E-state index in [1.54, 1.807) is 0 Å². The number of Topliss-reactive ketones (excluding diaryl/α,β-unsaturated/α-hetero) is 1. The topological polar surface area (TPSA) is 20.3 Å². The maximum Gasteiger partial charge on any atom is 0.152 e. The number of hydrogen-bond donors (Lipinski definition) is 0. The number of nitrogens with zero attached hydrogens (tertiary/aromatic N) is 1. The zero-order valence-corrected chi connectivity index (χ0v) is 9.79. The van der Waals surface area contributed by atoms with Crippen LogP contribution in [0.25, 0.3) is 0 Å². The molecule has 0 aromatic carbocycles. The normalized spacial score (nSPS) is 14.2. The molecule has 13 heavy (non-hydrogen) atoms. The van der Waals surface area contributed by atoms with Gasteiger partial charge in [0.1, 0.15) is 0 Å². The van der Waals surface area contributed by atoms with Gasteiger partial charge in [0.2, 0.25) is 0 Å². The van der Waals surface area contributed by atoms with E-state index in [-0.39, 0.29) is 12.0 Å². The predicted octanol–water partition coefficient (Wildman–Crippen LogP) is 2.33. The second-order valence-electron chi connectivity index (χ2n) is 4.24. The molecule has 0 aromatic rings. The standard InChI is InChI=1S/C11H23NO/c1-7-10(11(13)8(2)3)12(6)9(4)5/h8-10H,7H2,1-6H3. The smallest absolute Gasteiger partial charge is 0.152 e. The van der Waals surface area contributed by atoms with E-state index in [0.29, 0.717) is 11.8 Å². The molecule has 0 saturated carbocycles. The van der Waals surface area contributed by atoms with Gasteiger partial charge in [-0.05, 0) is 27.3 Å². The Morgan fingerprint density at radius 1 is 1.23 bits per heavy atom. The van der Waals surface area contributed by atoms with Gasteiger partial charge in [-0.15, -0.1) is 0 Å². The Bertz CT molecular complexity index is 163. The molecule has 0 N–H and O–H groups in total. The average molecular weight is 185 g/mol. The minimum atomic E-state index is 0.0972. The number of carbonyl (C=O) groups excluding carboxylic acids is 1. The highest BCUT2D eigenvalue weighted by Crippen LogP contribution is 2.11. The van der Waals surface area contributed by atoms with Crippen LogP contribution in [-0.2, 0) is 4.79 Å². The summed E-state index contributed by atoms with van der Waals surface area (Å²) in [5, 5.41) is 0. The van der Waals surface area contributed by atoms with Crippen molar-refractivity contribution in [3.63, 3.8) is 0 Å². The lowest BCUT2D eigenvalue weighted by Gasteiger charge is -2.30. The third kappa shape index (κ3) is 3.47. The zero-order chi connectivity index (χ0) is 10.6. The van der Waals surface area contributed by atoms with Crippen molar-refractivity contribution in [3.05, 3.63) is 0 Å². The summed E-state index contributed by atoms with van der Waals surface area (Å²) in [5.74, 6) is 0.504. The molecule has 1 atom stereocenters. The third-order valence-electron chi connectivity index (χ3n) is 2.59. The van der Waals surface area contributed by atoms with Gasteiger partial charge >= 0.3 is 0 Å². The summed E-state index contributed by atoms with van der Waals surface area (Å²) < 4.78 is 0. The van der Waals surface area contributed by atoms with Crippen molar-refractivity contribution >= 4 is 5.78 Å². The maximum absolute atomic E-state index is 11.8. The Labute approximate surface area is 82.3 Å². The van der Waals surface area contributed by atoms with Crippen LogP contribution in [0.3, 0.4) is 0 Å². The van der Waals surface area contributed by atoms with E-state index in [4.69, 9.17) is 0 Å². The maximum atomic E-state index is 11.8. The molecule has 0 aliphatic carbocycles. The van der Waals surface area contributed by atoms with Gasteiger partial charge in [-0.3, -0.25) is 9.69 Å². The Morgan fingerprint density at radius 2 is 1.69 bits per heavy atom. The summed E-state index contributed by atoms with van der Waals surface area (Å²) in [6.45, 7) is 10.3. The van der Waals surface area contributed by atoms with Crippen LogP contribution >= 0.6 is 0 Å². The molecule has 0 aliphatic heterocycles. The molecule has 1 unspecified atom stereocenters. The molecule has 0 aromatic heterocycles. The first-order chi connectivity index (χ1) is 5.91. The van der Waals surface area contributed by atoms with Crippen molar-refractivity contribution < 1.29 is 4.79 Å². The number of hydrogen-bond acceptors (Lipinski definition) is 2. The van der Waals surface area contributed by atoms with Crippen LogP contribution in [0.2, 0.25) is 0 Å². The van der Waals surface area contributed by atoms with Crippen LogP contribution in [0.15, 0.2) is 0 Å². The fraction of sp³-hybridized carbons (Fsp3) is 0.909. The molecule has 0 rings (SSSR count). The van der Waals surface area contributed by atoms with Crippen molar-refractivity contribution in [2.45, 2.75) is 53.1 Å². The first kappa shape index (κ1) is 12.6. The number of likely N-dealkylation sites (N-methyl/N-ethyl adjacent to an activating group) is 1. The molecule has 78 valence electrons. The SMILES string of the molecule is CCC(C(=O)C(C)C)N(C)C(C)C. The van der Waals surface area contributed by atoms with Crippen molar-refractivity contribution in [1.29, 1.82) is 0 Å². The van der Waals surface area contributed by atoms with Gasteiger partial charge in [0.15, 0.2) is 5.78 Å². The highest BCUT2D eigenvalue weighted by atomic mass is 16.1. The largest absolute Gasteiger partial charge is 0.298 e. The summed E-state index contributed by atoms with van der Waals surface area (Å²) in [4.78, 5) is 13.9. The first-order valence-corrected chi connectivity index (χ1v) is 5.17. The monoisotopic (exact) mass is 185 g/mol. The fourth-order valence-corrected chi connectivity index (χ4v) is 1.43. The van der Waals surface area contributed by atoms with Gasteiger partial charge < -0.3 is 0 Å². The van der Waals surface area contributed by atoms with Crippen LogP contribution in [-0.4, -0.2) is 29.8 Å². The molecular weight excluding hydrogens is 162 g/mol. The lowest BCUT2D eigenvalue weighted by atomic mass is 9.98. The number of rotatable bonds is 5. The molecule has 0 radical (unpaired) electrons. The minimum absolute atomic E-state index is 0.0972. The summed E-state index contributed by atoms with van der Waals surface area (Å²) in [6.07, 6.45) is 0.908. The molecule has 2 heteroatoms. The molecule has 2 nitrogen and oxygen atoms in total. The van der Waals surface area contributed by atoms with Gasteiger partial charge in [0, 0.05) is 12.0 Å². The fourth-order valence-electron chi connectivity index (χ4n) is 1.43. The van der Waals surface area contributed by atoms with Gasteiger partial charge in [-0.25, -0.2) is 0 Å². The van der Waals surface area contributed by atoms with Gasteiger partial charge in [0.05, 0.1) is 6.04 Å². The van der Waals surface area contributed by atoms with E-state index >= 15 is 0 Å².